The molecule has 2 amide bonds. The van der Waals surface area contributed by atoms with Gasteiger partial charge in [-0.25, -0.2) is 10.6 Å². The second-order valence-corrected chi connectivity index (χ2v) is 7.25. The molecule has 0 saturated heterocycles. The Balaban J connectivity index is 1.67. The van der Waals surface area contributed by atoms with Crippen LogP contribution in [0.1, 0.15) is 29.5 Å². The van der Waals surface area contributed by atoms with Crippen molar-refractivity contribution in [3.8, 4) is 0 Å². The van der Waals surface area contributed by atoms with Gasteiger partial charge in [-0.1, -0.05) is 0 Å². The zero-order chi connectivity index (χ0) is 20.2. The first-order valence-electron chi connectivity index (χ1n) is 9.19. The molecule has 0 aliphatic heterocycles. The molecule has 5 N–H and O–H groups in total. The molecular weight excluding hydrogens is 378 g/mol. The average Bonchev–Trinajstić information content (AvgIpc) is 3.15. The number of pyridine rings is 1. The van der Waals surface area contributed by atoms with Gasteiger partial charge in [0.2, 0.25) is 5.91 Å². The predicted molar refractivity (Wildman–Crippen MR) is 110 cm³/mol. The van der Waals surface area contributed by atoms with Gasteiger partial charge in [-0.15, -0.1) is 11.3 Å². The van der Waals surface area contributed by atoms with E-state index < -0.39 is 6.09 Å². The number of aryl methyl sites for hydroxylation is 3. The van der Waals surface area contributed by atoms with E-state index in [2.05, 4.69) is 27.1 Å². The highest BCUT2D eigenvalue weighted by molar-refractivity contribution is 7.10. The van der Waals surface area contributed by atoms with Gasteiger partial charge in [0.1, 0.15) is 0 Å². The predicted octanol–water partition coefficient (Wildman–Crippen LogP) is 2.01. The van der Waals surface area contributed by atoms with Gasteiger partial charge in [0, 0.05) is 30.6 Å². The van der Waals surface area contributed by atoms with Crippen LogP contribution in [0.15, 0.2) is 29.8 Å². The van der Waals surface area contributed by atoms with Crippen LogP contribution in [0.3, 0.4) is 0 Å². The second kappa shape index (κ2) is 11.9. The lowest BCUT2D eigenvalue weighted by Gasteiger charge is -2.07. The fourth-order valence-electron chi connectivity index (χ4n) is 2.54. The Morgan fingerprint density at radius 3 is 2.79 bits per heavy atom. The van der Waals surface area contributed by atoms with Crippen LogP contribution >= 0.6 is 11.3 Å². The van der Waals surface area contributed by atoms with Crippen LogP contribution in [0, 0.1) is 0 Å². The number of anilines is 1. The van der Waals surface area contributed by atoms with E-state index >= 15 is 0 Å². The molecule has 0 aliphatic carbocycles. The summed E-state index contributed by atoms with van der Waals surface area (Å²) < 4.78 is 4.87. The fraction of sp³-hybridized carbons (Fsp3) is 0.421. The summed E-state index contributed by atoms with van der Waals surface area (Å²) in [6.07, 6.45) is 4.67. The molecule has 0 aliphatic rings. The Bertz CT molecular complexity index is 748. The molecule has 2 aromatic rings. The smallest absolute Gasteiger partial charge is 0.421 e. The van der Waals surface area contributed by atoms with Crippen LogP contribution in [0.25, 0.3) is 0 Å². The maximum Gasteiger partial charge on any atom is 0.421 e. The largest absolute Gasteiger partial charge is 0.449 e. The van der Waals surface area contributed by atoms with E-state index in [1.54, 1.807) is 11.3 Å². The Hall–Kier alpha value is -2.65. The van der Waals surface area contributed by atoms with Crippen molar-refractivity contribution >= 4 is 29.0 Å². The summed E-state index contributed by atoms with van der Waals surface area (Å²) in [4.78, 5) is 27.5. The van der Waals surface area contributed by atoms with E-state index in [4.69, 9.17) is 10.6 Å². The third-order valence-electron chi connectivity index (χ3n) is 3.95. The molecule has 0 fully saturated rings. The van der Waals surface area contributed by atoms with Crippen molar-refractivity contribution in [2.45, 2.75) is 32.6 Å². The number of hydrogen-bond acceptors (Lipinski definition) is 7. The number of nitrogens with two attached hydrogens (primary N) is 1. The SMILES string of the molecule is CC(=O)NCCNc1ccc(CCc2csc(CCCOC(=O)NN)c2)nc1. The molecule has 8 nitrogen and oxygen atoms in total. The number of ether oxygens (including phenoxy) is 1. The molecule has 0 aromatic carbocycles. The van der Waals surface area contributed by atoms with Crippen LogP contribution in [0.2, 0.25) is 0 Å². The number of rotatable bonds is 11. The topological polar surface area (TPSA) is 118 Å². The van der Waals surface area contributed by atoms with Crippen molar-refractivity contribution in [2.24, 2.45) is 5.84 Å². The molecule has 0 radical (unpaired) electrons. The van der Waals surface area contributed by atoms with E-state index in [1.807, 2.05) is 23.8 Å². The van der Waals surface area contributed by atoms with Gasteiger partial charge in [-0.05, 0) is 54.8 Å². The highest BCUT2D eigenvalue weighted by atomic mass is 32.1. The lowest BCUT2D eigenvalue weighted by molar-refractivity contribution is -0.118. The quantitative estimate of drug-likeness (QED) is 0.197. The molecule has 0 unspecified atom stereocenters. The highest BCUT2D eigenvalue weighted by Gasteiger charge is 2.04. The minimum Gasteiger partial charge on any atom is -0.449 e. The van der Waals surface area contributed by atoms with E-state index in [1.165, 1.54) is 17.4 Å². The molecular formula is C19H27N5O3S. The van der Waals surface area contributed by atoms with Crippen molar-refractivity contribution in [3.05, 3.63) is 45.9 Å². The lowest BCUT2D eigenvalue weighted by atomic mass is 10.1. The molecule has 2 heterocycles. The van der Waals surface area contributed by atoms with Gasteiger partial charge in [0.25, 0.3) is 0 Å². The molecule has 0 bridgehead atoms. The van der Waals surface area contributed by atoms with Gasteiger partial charge >= 0.3 is 6.09 Å². The summed E-state index contributed by atoms with van der Waals surface area (Å²) >= 11 is 1.72. The van der Waals surface area contributed by atoms with Crippen molar-refractivity contribution in [3.63, 3.8) is 0 Å². The zero-order valence-electron chi connectivity index (χ0n) is 16.0. The summed E-state index contributed by atoms with van der Waals surface area (Å²) in [6.45, 7) is 3.11. The molecule has 0 saturated carbocycles. The number of hydrogen-bond donors (Lipinski definition) is 4. The number of hydrazine groups is 1. The zero-order valence-corrected chi connectivity index (χ0v) is 16.8. The van der Waals surface area contributed by atoms with Crippen LogP contribution < -0.4 is 21.9 Å². The summed E-state index contributed by atoms with van der Waals surface area (Å²) in [5.41, 5.74) is 5.21. The fourth-order valence-corrected chi connectivity index (χ4v) is 3.51. The average molecular weight is 406 g/mol. The van der Waals surface area contributed by atoms with Crippen LogP contribution in [-0.4, -0.2) is 36.7 Å². The number of aromatic nitrogens is 1. The molecule has 0 atom stereocenters. The van der Waals surface area contributed by atoms with Crippen molar-refractivity contribution in [1.82, 2.24) is 15.7 Å². The van der Waals surface area contributed by atoms with Gasteiger partial charge < -0.3 is 15.4 Å². The van der Waals surface area contributed by atoms with E-state index in [0.717, 1.165) is 37.1 Å². The summed E-state index contributed by atoms with van der Waals surface area (Å²) in [6, 6.07) is 6.23. The standard InChI is InChI=1S/C19H27N5O3S/c1-14(25)21-8-9-22-17-7-6-16(23-12-17)5-4-15-11-18(28-13-15)3-2-10-27-19(26)24-20/h6-7,11-13,22H,2-5,8-10,20H2,1H3,(H,21,25)(H,24,26). The maximum atomic E-state index is 10.9. The Morgan fingerprint density at radius 1 is 1.21 bits per heavy atom. The first kappa shape index (κ1) is 21.6. The summed E-state index contributed by atoms with van der Waals surface area (Å²) in [7, 11) is 0. The van der Waals surface area contributed by atoms with Gasteiger partial charge in [-0.2, -0.15) is 0 Å². The number of thiophene rings is 1. The molecule has 2 rings (SSSR count). The van der Waals surface area contributed by atoms with E-state index in [9.17, 15) is 9.59 Å². The lowest BCUT2D eigenvalue weighted by Crippen LogP contribution is -2.30. The molecule has 28 heavy (non-hydrogen) atoms. The third kappa shape index (κ3) is 8.36. The number of carbonyl (C=O) groups is 2. The van der Waals surface area contributed by atoms with Crippen LogP contribution in [0.4, 0.5) is 10.5 Å². The first-order valence-corrected chi connectivity index (χ1v) is 10.1. The number of amides is 2. The van der Waals surface area contributed by atoms with Crippen LogP contribution in [0.5, 0.6) is 0 Å². The number of nitrogens with zero attached hydrogens (tertiary/aromatic N) is 1. The highest BCUT2D eigenvalue weighted by Crippen LogP contribution is 2.18. The summed E-state index contributed by atoms with van der Waals surface area (Å²) in [5.74, 6) is 4.92. The Labute approximate surface area is 168 Å². The maximum absolute atomic E-state index is 10.9. The second-order valence-electron chi connectivity index (χ2n) is 6.25. The van der Waals surface area contributed by atoms with Crippen molar-refractivity contribution < 1.29 is 14.3 Å². The van der Waals surface area contributed by atoms with Gasteiger partial charge in [-0.3, -0.25) is 15.2 Å². The molecule has 9 heteroatoms. The van der Waals surface area contributed by atoms with E-state index in [0.29, 0.717) is 19.7 Å². The number of nitrogens with one attached hydrogen (secondary N) is 3. The van der Waals surface area contributed by atoms with Gasteiger partial charge in [0.05, 0.1) is 18.5 Å². The normalized spacial score (nSPS) is 10.4. The van der Waals surface area contributed by atoms with Crippen LogP contribution in [-0.2, 0) is 28.8 Å². The van der Waals surface area contributed by atoms with E-state index in [-0.39, 0.29) is 5.91 Å². The molecule has 152 valence electrons. The Morgan fingerprint density at radius 2 is 2.07 bits per heavy atom. The summed E-state index contributed by atoms with van der Waals surface area (Å²) in [5, 5.41) is 8.13. The first-order chi connectivity index (χ1) is 13.6. The Kier molecular flexibility index (Phi) is 9.23. The van der Waals surface area contributed by atoms with Crippen molar-refractivity contribution in [2.75, 3.05) is 25.0 Å². The monoisotopic (exact) mass is 405 g/mol. The van der Waals surface area contributed by atoms with Gasteiger partial charge in [0.15, 0.2) is 0 Å². The third-order valence-corrected chi connectivity index (χ3v) is 4.99. The molecule has 2 aromatic heterocycles. The number of carbonyl (C=O) groups excluding carboxylic acids is 2. The van der Waals surface area contributed by atoms with Crippen molar-refractivity contribution in [1.29, 1.82) is 0 Å². The minimum atomic E-state index is -0.603. The minimum absolute atomic E-state index is 0.0285. The molecule has 0 spiro atoms.